The molecule has 1 aliphatic carbocycles. The van der Waals surface area contributed by atoms with E-state index in [1.807, 2.05) is 18.5 Å². The third-order valence-corrected chi connectivity index (χ3v) is 7.40. The Morgan fingerprint density at radius 1 is 1.24 bits per heavy atom. The highest BCUT2D eigenvalue weighted by atomic mass is 16.2. The third kappa shape index (κ3) is 3.18. The fourth-order valence-electron chi connectivity index (χ4n) is 5.36. The Bertz CT molecular complexity index is 874. The average Bonchev–Trinajstić information content (AvgIpc) is 3.36. The Morgan fingerprint density at radius 2 is 2.03 bits per heavy atom. The molecule has 1 amide bonds. The summed E-state index contributed by atoms with van der Waals surface area (Å²) in [4.78, 5) is 27.3. The van der Waals surface area contributed by atoms with Crippen molar-refractivity contribution in [1.82, 2.24) is 24.3 Å². The lowest BCUT2D eigenvalue weighted by molar-refractivity contribution is -0.136. The van der Waals surface area contributed by atoms with Gasteiger partial charge in [-0.25, -0.2) is 4.98 Å². The maximum Gasteiger partial charge on any atom is 0.231 e. The standard InChI is InChI=1S/C23H31N5O/c1-17(2)28-14-21(25-16-28)20-13-27(19-4-3-5-19)15-23(20)8-11-26(22(23)29)12-18-6-9-24-10-7-18/h6-7,9-10,14,16-17,19-20H,3-5,8,11-13,15H2,1-2H3/t20-,23+/m0/s1. The zero-order valence-electron chi connectivity index (χ0n) is 17.5. The number of amides is 1. The zero-order valence-corrected chi connectivity index (χ0v) is 17.5. The maximum absolute atomic E-state index is 13.8. The number of pyridine rings is 1. The number of hydrogen-bond acceptors (Lipinski definition) is 4. The van der Waals surface area contributed by atoms with Crippen molar-refractivity contribution in [2.24, 2.45) is 5.41 Å². The van der Waals surface area contributed by atoms with Crippen molar-refractivity contribution in [2.45, 2.75) is 64.1 Å². The molecule has 2 aliphatic heterocycles. The summed E-state index contributed by atoms with van der Waals surface area (Å²) >= 11 is 0. The largest absolute Gasteiger partial charge is 0.338 e. The van der Waals surface area contributed by atoms with Crippen LogP contribution < -0.4 is 0 Å². The molecule has 0 N–H and O–H groups in total. The molecule has 0 unspecified atom stereocenters. The van der Waals surface area contributed by atoms with E-state index in [2.05, 4.69) is 39.4 Å². The fourth-order valence-corrected chi connectivity index (χ4v) is 5.36. The lowest BCUT2D eigenvalue weighted by Crippen LogP contribution is -2.42. The normalized spacial score (nSPS) is 28.0. The minimum absolute atomic E-state index is 0.193. The van der Waals surface area contributed by atoms with E-state index in [9.17, 15) is 4.79 Å². The van der Waals surface area contributed by atoms with Crippen LogP contribution >= 0.6 is 0 Å². The number of aromatic nitrogens is 3. The first kappa shape index (κ1) is 18.8. The van der Waals surface area contributed by atoms with Crippen LogP contribution in [-0.2, 0) is 11.3 Å². The highest BCUT2D eigenvalue weighted by Crippen LogP contribution is 2.51. The second kappa shape index (κ2) is 7.24. The molecule has 0 aromatic carbocycles. The van der Waals surface area contributed by atoms with Gasteiger partial charge >= 0.3 is 0 Å². The molecule has 0 radical (unpaired) electrons. The predicted octanol–water partition coefficient (Wildman–Crippen LogP) is 3.23. The summed E-state index contributed by atoms with van der Waals surface area (Å²) < 4.78 is 2.17. The first-order valence-electron chi connectivity index (χ1n) is 11.0. The SMILES string of the molecule is CC(C)n1cnc([C@@H]2CN(C3CCC3)C[C@]23CCN(Cc2ccncc2)C3=O)c1. The zero-order chi connectivity index (χ0) is 20.0. The van der Waals surface area contributed by atoms with Crippen LogP contribution in [0.25, 0.3) is 0 Å². The summed E-state index contributed by atoms with van der Waals surface area (Å²) in [5.41, 5.74) is 1.93. The number of nitrogens with zero attached hydrogens (tertiary/aromatic N) is 5. The van der Waals surface area contributed by atoms with E-state index in [0.717, 1.165) is 37.3 Å². The molecule has 3 fully saturated rings. The number of rotatable bonds is 5. The Hall–Kier alpha value is -2.21. The fraction of sp³-hybridized carbons (Fsp3) is 0.609. The molecule has 1 spiro atoms. The molecular formula is C23H31N5O. The molecule has 2 aromatic rings. The smallest absolute Gasteiger partial charge is 0.231 e. The molecule has 3 aliphatic rings. The molecule has 2 saturated heterocycles. The minimum Gasteiger partial charge on any atom is -0.338 e. The van der Waals surface area contributed by atoms with Crippen LogP contribution in [-0.4, -0.2) is 55.9 Å². The second-order valence-electron chi connectivity index (χ2n) is 9.39. The molecule has 6 nitrogen and oxygen atoms in total. The van der Waals surface area contributed by atoms with Gasteiger partial charge in [0.05, 0.1) is 17.4 Å². The highest BCUT2D eigenvalue weighted by molar-refractivity contribution is 5.86. The van der Waals surface area contributed by atoms with Crippen molar-refractivity contribution >= 4 is 5.91 Å². The molecule has 2 atom stereocenters. The van der Waals surface area contributed by atoms with Gasteiger partial charge in [0.1, 0.15) is 0 Å². The van der Waals surface area contributed by atoms with Crippen LogP contribution in [0.3, 0.4) is 0 Å². The molecule has 0 bridgehead atoms. The molecule has 5 rings (SSSR count). The Kier molecular flexibility index (Phi) is 4.69. The van der Waals surface area contributed by atoms with Crippen molar-refractivity contribution in [3.63, 3.8) is 0 Å². The van der Waals surface area contributed by atoms with Gasteiger partial charge in [-0.3, -0.25) is 14.7 Å². The lowest BCUT2D eigenvalue weighted by Gasteiger charge is -2.35. The number of imidazole rings is 1. The quantitative estimate of drug-likeness (QED) is 0.783. The van der Waals surface area contributed by atoms with Crippen LogP contribution in [0, 0.1) is 5.41 Å². The predicted molar refractivity (Wildman–Crippen MR) is 111 cm³/mol. The molecule has 2 aromatic heterocycles. The Labute approximate surface area is 172 Å². The van der Waals surface area contributed by atoms with Gasteiger partial charge in [-0.15, -0.1) is 0 Å². The number of likely N-dealkylation sites (tertiary alicyclic amines) is 2. The Balaban J connectivity index is 1.43. The van der Waals surface area contributed by atoms with Crippen molar-refractivity contribution < 1.29 is 4.79 Å². The lowest BCUT2D eigenvalue weighted by atomic mass is 9.75. The van der Waals surface area contributed by atoms with Crippen LogP contribution in [0.5, 0.6) is 0 Å². The van der Waals surface area contributed by atoms with Crippen LogP contribution in [0.15, 0.2) is 37.1 Å². The monoisotopic (exact) mass is 393 g/mol. The summed E-state index contributed by atoms with van der Waals surface area (Å²) in [5.74, 6) is 0.512. The van der Waals surface area contributed by atoms with Gasteiger partial charge < -0.3 is 9.47 Å². The van der Waals surface area contributed by atoms with Crippen LogP contribution in [0.1, 0.15) is 62.7 Å². The number of carbonyl (C=O) groups is 1. The average molecular weight is 394 g/mol. The maximum atomic E-state index is 13.8. The van der Waals surface area contributed by atoms with Gasteiger partial charge in [-0.2, -0.15) is 0 Å². The van der Waals surface area contributed by atoms with Crippen molar-refractivity contribution in [1.29, 1.82) is 0 Å². The van der Waals surface area contributed by atoms with Gasteiger partial charge in [0.15, 0.2) is 0 Å². The first-order chi connectivity index (χ1) is 14.1. The van der Waals surface area contributed by atoms with Gasteiger partial charge in [-0.1, -0.05) is 6.42 Å². The summed E-state index contributed by atoms with van der Waals surface area (Å²) in [6.45, 7) is 7.72. The molecule has 29 heavy (non-hydrogen) atoms. The van der Waals surface area contributed by atoms with E-state index in [0.29, 0.717) is 24.5 Å². The summed E-state index contributed by atoms with van der Waals surface area (Å²) in [7, 11) is 0. The van der Waals surface area contributed by atoms with Crippen LogP contribution in [0.2, 0.25) is 0 Å². The van der Waals surface area contributed by atoms with E-state index >= 15 is 0 Å². The second-order valence-corrected chi connectivity index (χ2v) is 9.39. The third-order valence-electron chi connectivity index (χ3n) is 7.40. The van der Waals surface area contributed by atoms with Crippen molar-refractivity contribution in [2.75, 3.05) is 19.6 Å². The molecule has 4 heterocycles. The first-order valence-corrected chi connectivity index (χ1v) is 11.0. The highest BCUT2D eigenvalue weighted by Gasteiger charge is 2.58. The van der Waals surface area contributed by atoms with Gasteiger partial charge in [0.2, 0.25) is 5.91 Å². The van der Waals surface area contributed by atoms with Crippen molar-refractivity contribution in [3.8, 4) is 0 Å². The molecular weight excluding hydrogens is 362 g/mol. The van der Waals surface area contributed by atoms with E-state index < -0.39 is 0 Å². The topological polar surface area (TPSA) is 54.3 Å². The number of carbonyl (C=O) groups excluding carboxylic acids is 1. The van der Waals surface area contributed by atoms with Gasteiger partial charge in [-0.05, 0) is 50.8 Å². The van der Waals surface area contributed by atoms with E-state index in [1.165, 1.54) is 19.3 Å². The van der Waals surface area contributed by atoms with Gasteiger partial charge in [0.25, 0.3) is 0 Å². The van der Waals surface area contributed by atoms with Crippen LogP contribution in [0.4, 0.5) is 0 Å². The number of hydrogen-bond donors (Lipinski definition) is 0. The van der Waals surface area contributed by atoms with E-state index in [-0.39, 0.29) is 11.3 Å². The van der Waals surface area contributed by atoms with E-state index in [1.54, 1.807) is 12.4 Å². The van der Waals surface area contributed by atoms with Gasteiger partial charge in [0, 0.05) is 62.8 Å². The Morgan fingerprint density at radius 3 is 2.69 bits per heavy atom. The minimum atomic E-state index is -0.321. The molecule has 154 valence electrons. The molecule has 6 heteroatoms. The molecule has 1 saturated carbocycles. The summed E-state index contributed by atoms with van der Waals surface area (Å²) in [6, 6.07) is 5.06. The van der Waals surface area contributed by atoms with E-state index in [4.69, 9.17) is 4.98 Å². The summed E-state index contributed by atoms with van der Waals surface area (Å²) in [6.07, 6.45) is 12.5. The summed E-state index contributed by atoms with van der Waals surface area (Å²) in [5, 5.41) is 0. The van der Waals surface area contributed by atoms with Crippen molar-refractivity contribution in [3.05, 3.63) is 48.3 Å².